The smallest absolute Gasteiger partial charge is 0.191 e. The van der Waals surface area contributed by atoms with Gasteiger partial charge in [-0.1, -0.05) is 18.2 Å². The standard InChI is InChI=1S/C17H23FN4S2/c1-13-11-22-16(24-13)7-8-20-17(19-2)21-9-10-23-12-14-5-3-4-6-15(14)18/h3-6,11H,7-10,12H2,1-2H3,(H2,19,20,21). The van der Waals surface area contributed by atoms with E-state index in [0.29, 0.717) is 5.75 Å². The van der Waals surface area contributed by atoms with Gasteiger partial charge in [0.1, 0.15) is 5.82 Å². The third kappa shape index (κ3) is 6.49. The highest BCUT2D eigenvalue weighted by molar-refractivity contribution is 7.98. The van der Waals surface area contributed by atoms with Crippen molar-refractivity contribution in [3.05, 3.63) is 51.7 Å². The molecule has 0 amide bonds. The Morgan fingerprint density at radius 1 is 1.29 bits per heavy atom. The summed E-state index contributed by atoms with van der Waals surface area (Å²) in [5.74, 6) is 2.23. The minimum Gasteiger partial charge on any atom is -0.356 e. The van der Waals surface area contributed by atoms with Crippen LogP contribution in [0.15, 0.2) is 35.5 Å². The van der Waals surface area contributed by atoms with Crippen molar-refractivity contribution in [1.29, 1.82) is 0 Å². The van der Waals surface area contributed by atoms with Crippen molar-refractivity contribution >= 4 is 29.1 Å². The van der Waals surface area contributed by atoms with E-state index < -0.39 is 0 Å². The maximum Gasteiger partial charge on any atom is 0.191 e. The predicted molar refractivity (Wildman–Crippen MR) is 102 cm³/mol. The van der Waals surface area contributed by atoms with Gasteiger partial charge >= 0.3 is 0 Å². The summed E-state index contributed by atoms with van der Waals surface area (Å²) in [6.07, 6.45) is 2.79. The van der Waals surface area contributed by atoms with E-state index in [2.05, 4.69) is 27.5 Å². The van der Waals surface area contributed by atoms with E-state index in [0.717, 1.165) is 41.8 Å². The zero-order valence-electron chi connectivity index (χ0n) is 14.0. The summed E-state index contributed by atoms with van der Waals surface area (Å²) in [6, 6.07) is 6.92. The molecule has 0 unspecified atom stereocenters. The molecule has 7 heteroatoms. The lowest BCUT2D eigenvalue weighted by Gasteiger charge is -2.11. The van der Waals surface area contributed by atoms with Crippen LogP contribution in [0.3, 0.4) is 0 Å². The molecule has 2 rings (SSSR count). The van der Waals surface area contributed by atoms with Crippen LogP contribution in [0.5, 0.6) is 0 Å². The molecule has 0 spiro atoms. The minimum absolute atomic E-state index is 0.132. The Balaban J connectivity index is 1.59. The van der Waals surface area contributed by atoms with Gasteiger partial charge in [-0.05, 0) is 18.6 Å². The predicted octanol–water partition coefficient (Wildman–Crippen LogP) is 3.23. The number of halogens is 1. The Labute approximate surface area is 151 Å². The molecular formula is C17H23FN4S2. The van der Waals surface area contributed by atoms with Crippen LogP contribution in [0.4, 0.5) is 4.39 Å². The molecule has 0 saturated heterocycles. The van der Waals surface area contributed by atoms with Crippen LogP contribution in [-0.4, -0.2) is 36.8 Å². The van der Waals surface area contributed by atoms with Crippen LogP contribution in [0.2, 0.25) is 0 Å². The van der Waals surface area contributed by atoms with Gasteiger partial charge in [0.15, 0.2) is 5.96 Å². The van der Waals surface area contributed by atoms with Crippen molar-refractivity contribution < 1.29 is 4.39 Å². The average Bonchev–Trinajstić information content (AvgIpc) is 3.00. The fraction of sp³-hybridized carbons (Fsp3) is 0.412. The van der Waals surface area contributed by atoms with Crippen molar-refractivity contribution in [2.75, 3.05) is 25.9 Å². The molecule has 2 N–H and O–H groups in total. The Morgan fingerprint density at radius 2 is 2.08 bits per heavy atom. The molecule has 0 aliphatic carbocycles. The highest BCUT2D eigenvalue weighted by atomic mass is 32.2. The summed E-state index contributed by atoms with van der Waals surface area (Å²) < 4.78 is 13.5. The van der Waals surface area contributed by atoms with Crippen molar-refractivity contribution in [3.63, 3.8) is 0 Å². The highest BCUT2D eigenvalue weighted by Crippen LogP contribution is 2.14. The molecule has 130 valence electrons. The number of nitrogens with zero attached hydrogens (tertiary/aromatic N) is 2. The number of thioether (sulfide) groups is 1. The number of aromatic nitrogens is 1. The lowest BCUT2D eigenvalue weighted by Crippen LogP contribution is -2.39. The van der Waals surface area contributed by atoms with E-state index in [4.69, 9.17) is 0 Å². The largest absolute Gasteiger partial charge is 0.356 e. The number of hydrogen-bond acceptors (Lipinski definition) is 4. The molecule has 1 heterocycles. The summed E-state index contributed by atoms with van der Waals surface area (Å²) in [7, 11) is 1.76. The number of nitrogens with one attached hydrogen (secondary N) is 2. The zero-order chi connectivity index (χ0) is 17.2. The molecule has 0 saturated carbocycles. The summed E-state index contributed by atoms with van der Waals surface area (Å²) in [5, 5.41) is 7.69. The zero-order valence-corrected chi connectivity index (χ0v) is 15.6. The summed E-state index contributed by atoms with van der Waals surface area (Å²) in [6.45, 7) is 3.65. The lowest BCUT2D eigenvalue weighted by molar-refractivity contribution is 0.617. The van der Waals surface area contributed by atoms with E-state index >= 15 is 0 Å². The first-order valence-electron chi connectivity index (χ1n) is 7.86. The SMILES string of the molecule is CN=C(NCCSCc1ccccc1F)NCCc1ncc(C)s1. The van der Waals surface area contributed by atoms with Crippen molar-refractivity contribution in [2.24, 2.45) is 4.99 Å². The van der Waals surface area contributed by atoms with E-state index in [1.807, 2.05) is 18.3 Å². The quantitative estimate of drug-likeness (QED) is 0.428. The Hall–Kier alpha value is -1.60. The fourth-order valence-electron chi connectivity index (χ4n) is 2.06. The van der Waals surface area contributed by atoms with Gasteiger partial charge in [0, 0.05) is 49.1 Å². The number of thiazole rings is 1. The first-order valence-corrected chi connectivity index (χ1v) is 9.83. The van der Waals surface area contributed by atoms with Crippen molar-refractivity contribution in [3.8, 4) is 0 Å². The number of guanidine groups is 1. The topological polar surface area (TPSA) is 49.3 Å². The molecule has 1 aromatic heterocycles. The van der Waals surface area contributed by atoms with Gasteiger partial charge in [-0.2, -0.15) is 11.8 Å². The Bertz CT molecular complexity index is 658. The highest BCUT2D eigenvalue weighted by Gasteiger charge is 2.02. The van der Waals surface area contributed by atoms with Gasteiger partial charge in [-0.3, -0.25) is 4.99 Å². The van der Waals surface area contributed by atoms with E-state index in [9.17, 15) is 4.39 Å². The van der Waals surface area contributed by atoms with Crippen molar-refractivity contribution in [1.82, 2.24) is 15.6 Å². The molecule has 0 aliphatic rings. The van der Waals surface area contributed by atoms with Crippen LogP contribution in [0, 0.1) is 12.7 Å². The molecule has 0 atom stereocenters. The van der Waals surface area contributed by atoms with Gasteiger partial charge in [0.2, 0.25) is 0 Å². The maximum absolute atomic E-state index is 13.5. The molecule has 0 radical (unpaired) electrons. The summed E-state index contributed by atoms with van der Waals surface area (Å²) >= 11 is 3.43. The monoisotopic (exact) mass is 366 g/mol. The molecule has 2 aromatic rings. The number of aryl methyl sites for hydroxylation is 1. The summed E-state index contributed by atoms with van der Waals surface area (Å²) in [5.41, 5.74) is 0.753. The van der Waals surface area contributed by atoms with Crippen LogP contribution in [-0.2, 0) is 12.2 Å². The number of aliphatic imine (C=N–C) groups is 1. The minimum atomic E-state index is -0.132. The second kappa shape index (κ2) is 10.3. The second-order valence-electron chi connectivity index (χ2n) is 5.18. The van der Waals surface area contributed by atoms with Crippen molar-refractivity contribution in [2.45, 2.75) is 19.1 Å². The average molecular weight is 367 g/mol. The Kier molecular flexibility index (Phi) is 8.04. The fourth-order valence-corrected chi connectivity index (χ4v) is 3.70. The molecule has 1 aromatic carbocycles. The molecule has 0 bridgehead atoms. The third-order valence-corrected chi connectivity index (χ3v) is 5.26. The normalized spacial score (nSPS) is 11.5. The van der Waals surface area contributed by atoms with E-state index in [1.54, 1.807) is 36.2 Å². The van der Waals surface area contributed by atoms with Crippen LogP contribution >= 0.6 is 23.1 Å². The molecule has 0 aliphatic heterocycles. The lowest BCUT2D eigenvalue weighted by atomic mass is 10.2. The molecule has 4 nitrogen and oxygen atoms in total. The van der Waals surface area contributed by atoms with Gasteiger partial charge in [-0.25, -0.2) is 9.37 Å². The first kappa shape index (κ1) is 18.7. The number of hydrogen-bond donors (Lipinski definition) is 2. The molecular weight excluding hydrogens is 343 g/mol. The molecule has 0 fully saturated rings. The van der Waals surface area contributed by atoms with E-state index in [1.165, 1.54) is 10.9 Å². The van der Waals surface area contributed by atoms with Crippen LogP contribution in [0.25, 0.3) is 0 Å². The second-order valence-corrected chi connectivity index (χ2v) is 7.61. The van der Waals surface area contributed by atoms with Gasteiger partial charge < -0.3 is 10.6 Å². The first-order chi connectivity index (χ1) is 11.7. The maximum atomic E-state index is 13.5. The van der Waals surface area contributed by atoms with Crippen LogP contribution < -0.4 is 10.6 Å². The van der Waals surface area contributed by atoms with Gasteiger partial charge in [0.05, 0.1) is 5.01 Å². The number of benzene rings is 1. The van der Waals surface area contributed by atoms with Gasteiger partial charge in [0.25, 0.3) is 0 Å². The molecule has 24 heavy (non-hydrogen) atoms. The number of rotatable bonds is 8. The van der Waals surface area contributed by atoms with Gasteiger partial charge in [-0.15, -0.1) is 11.3 Å². The van der Waals surface area contributed by atoms with Crippen LogP contribution in [0.1, 0.15) is 15.4 Å². The van der Waals surface area contributed by atoms with E-state index in [-0.39, 0.29) is 5.82 Å². The Morgan fingerprint density at radius 3 is 2.79 bits per heavy atom. The third-order valence-electron chi connectivity index (χ3n) is 3.28. The summed E-state index contributed by atoms with van der Waals surface area (Å²) in [4.78, 5) is 9.78.